The van der Waals surface area contributed by atoms with E-state index in [0.29, 0.717) is 12.1 Å². The molecule has 3 unspecified atom stereocenters. The van der Waals surface area contributed by atoms with Gasteiger partial charge in [-0.3, -0.25) is 9.89 Å². The van der Waals surface area contributed by atoms with Gasteiger partial charge in [0.25, 0.3) is 0 Å². The highest BCUT2D eigenvalue weighted by atomic mass is 127. The average molecular weight is 567 g/mol. The highest BCUT2D eigenvalue weighted by Gasteiger charge is 2.25. The maximum Gasteiger partial charge on any atom is 0.387 e. The number of hydrogen-bond donors (Lipinski definition) is 2. The lowest BCUT2D eigenvalue weighted by molar-refractivity contribution is -0.0498. The molecule has 32 heavy (non-hydrogen) atoms. The highest BCUT2D eigenvalue weighted by molar-refractivity contribution is 14.0. The number of benzene rings is 1. The van der Waals surface area contributed by atoms with Crippen molar-refractivity contribution in [3.8, 4) is 5.75 Å². The summed E-state index contributed by atoms with van der Waals surface area (Å²) >= 11 is 0. The summed E-state index contributed by atoms with van der Waals surface area (Å²) in [7, 11) is 1.79. The quantitative estimate of drug-likeness (QED) is 0.300. The van der Waals surface area contributed by atoms with Crippen LogP contribution in [0.25, 0.3) is 0 Å². The van der Waals surface area contributed by atoms with Crippen molar-refractivity contribution in [1.82, 2.24) is 15.5 Å². The lowest BCUT2D eigenvalue weighted by Crippen LogP contribution is -2.55. The molecular formula is C22H36F2IN5O2. The Morgan fingerprint density at radius 2 is 2.03 bits per heavy atom. The van der Waals surface area contributed by atoms with E-state index in [4.69, 9.17) is 4.74 Å². The van der Waals surface area contributed by atoms with Crippen LogP contribution in [0.4, 0.5) is 14.5 Å². The van der Waals surface area contributed by atoms with Crippen LogP contribution in [0.3, 0.4) is 0 Å². The fourth-order valence-corrected chi connectivity index (χ4v) is 4.31. The molecule has 3 atom stereocenters. The summed E-state index contributed by atoms with van der Waals surface area (Å²) < 4.78 is 34.7. The Labute approximate surface area is 206 Å². The lowest BCUT2D eigenvalue weighted by atomic mass is 10.0. The smallest absolute Gasteiger partial charge is 0.387 e. The van der Waals surface area contributed by atoms with Crippen molar-refractivity contribution >= 4 is 35.6 Å². The summed E-state index contributed by atoms with van der Waals surface area (Å²) in [6, 6.07) is 7.91. The Balaban J connectivity index is 0.00000363. The van der Waals surface area contributed by atoms with Gasteiger partial charge in [0.1, 0.15) is 5.75 Å². The van der Waals surface area contributed by atoms with Crippen molar-refractivity contribution in [3.63, 3.8) is 0 Å². The number of halogens is 3. The summed E-state index contributed by atoms with van der Waals surface area (Å²) in [5, 5.41) is 7.01. The molecule has 7 nitrogen and oxygen atoms in total. The zero-order valence-electron chi connectivity index (χ0n) is 19.1. The third kappa shape index (κ3) is 7.87. The molecule has 10 heteroatoms. The van der Waals surface area contributed by atoms with Gasteiger partial charge in [-0.05, 0) is 51.0 Å². The van der Waals surface area contributed by atoms with Crippen molar-refractivity contribution in [2.24, 2.45) is 4.99 Å². The minimum atomic E-state index is -2.80. The first kappa shape index (κ1) is 26.8. The molecule has 0 saturated carbocycles. The van der Waals surface area contributed by atoms with Crippen molar-refractivity contribution in [2.45, 2.75) is 51.4 Å². The van der Waals surface area contributed by atoms with E-state index in [9.17, 15) is 8.78 Å². The maximum atomic E-state index is 12.4. The zero-order valence-corrected chi connectivity index (χ0v) is 21.4. The van der Waals surface area contributed by atoms with Gasteiger partial charge in [0.2, 0.25) is 0 Å². The third-order valence-corrected chi connectivity index (χ3v) is 5.96. The molecule has 3 rings (SSSR count). The van der Waals surface area contributed by atoms with Crippen molar-refractivity contribution in [1.29, 1.82) is 0 Å². The number of hydrogen-bond acceptors (Lipinski definition) is 5. The third-order valence-electron chi connectivity index (χ3n) is 5.96. The number of nitrogens with zero attached hydrogens (tertiary/aromatic N) is 3. The van der Waals surface area contributed by atoms with E-state index in [0.717, 1.165) is 63.9 Å². The van der Waals surface area contributed by atoms with Gasteiger partial charge in [0.05, 0.1) is 13.2 Å². The largest absolute Gasteiger partial charge is 0.435 e. The minimum Gasteiger partial charge on any atom is -0.435 e. The SMILES string of the molecule is CN=C(NCC(C)N1CCOCC1C)NC1CCCN(c2ccc(OC(F)F)cc2)C1.I. The summed E-state index contributed by atoms with van der Waals surface area (Å²) in [6.45, 7) is 6.72. The van der Waals surface area contributed by atoms with Crippen LogP contribution in [0.5, 0.6) is 5.75 Å². The Bertz CT molecular complexity index is 710. The van der Waals surface area contributed by atoms with Gasteiger partial charge in [-0.25, -0.2) is 0 Å². The van der Waals surface area contributed by atoms with Crippen LogP contribution in [-0.4, -0.2) is 82.0 Å². The van der Waals surface area contributed by atoms with Crippen molar-refractivity contribution in [2.75, 3.05) is 51.3 Å². The standard InChI is InChI=1S/C22H35F2N5O2.HI/c1-16(29-11-12-30-15-17(29)2)13-26-22(25-3)27-18-5-4-10-28(14-18)19-6-8-20(9-7-19)31-21(23)24;/h6-9,16-18,21H,4-5,10-15H2,1-3H3,(H2,25,26,27);1H. The van der Waals surface area contributed by atoms with Crippen LogP contribution < -0.4 is 20.3 Å². The molecule has 0 amide bonds. The molecule has 0 radical (unpaired) electrons. The number of ether oxygens (including phenoxy) is 2. The van der Waals surface area contributed by atoms with Crippen molar-refractivity contribution < 1.29 is 18.3 Å². The van der Waals surface area contributed by atoms with Gasteiger partial charge in [0.15, 0.2) is 5.96 Å². The Hall–Kier alpha value is -1.40. The predicted octanol–water partition coefficient (Wildman–Crippen LogP) is 3.15. The van der Waals surface area contributed by atoms with Gasteiger partial charge < -0.3 is 25.0 Å². The molecule has 182 valence electrons. The van der Waals surface area contributed by atoms with Crippen LogP contribution in [0.15, 0.2) is 29.3 Å². The van der Waals surface area contributed by atoms with Crippen LogP contribution in [0.2, 0.25) is 0 Å². The molecule has 0 aliphatic carbocycles. The average Bonchev–Trinajstić information content (AvgIpc) is 2.77. The van der Waals surface area contributed by atoms with Crippen LogP contribution >= 0.6 is 24.0 Å². The summed E-state index contributed by atoms with van der Waals surface area (Å²) in [5.74, 6) is 0.985. The Kier molecular flexibility index (Phi) is 11.2. The monoisotopic (exact) mass is 567 g/mol. The first-order valence-electron chi connectivity index (χ1n) is 11.1. The number of piperidine rings is 1. The van der Waals surface area contributed by atoms with Gasteiger partial charge in [0, 0.05) is 57.0 Å². The normalized spacial score (nSPS) is 23.4. The number of anilines is 1. The molecule has 2 aliphatic rings. The van der Waals surface area contributed by atoms with Gasteiger partial charge in [-0.15, -0.1) is 24.0 Å². The molecule has 2 aliphatic heterocycles. The van der Waals surface area contributed by atoms with Crippen LogP contribution in [-0.2, 0) is 4.74 Å². The maximum absolute atomic E-state index is 12.4. The molecular weight excluding hydrogens is 531 g/mol. The van der Waals surface area contributed by atoms with E-state index in [-0.39, 0.29) is 35.8 Å². The molecule has 2 heterocycles. The highest BCUT2D eigenvalue weighted by Crippen LogP contribution is 2.24. The predicted molar refractivity (Wildman–Crippen MR) is 135 cm³/mol. The zero-order chi connectivity index (χ0) is 22.2. The van der Waals surface area contributed by atoms with Gasteiger partial charge in [-0.1, -0.05) is 0 Å². The Morgan fingerprint density at radius 3 is 2.69 bits per heavy atom. The second-order valence-electron chi connectivity index (χ2n) is 8.27. The fourth-order valence-electron chi connectivity index (χ4n) is 4.31. The van der Waals surface area contributed by atoms with Crippen molar-refractivity contribution in [3.05, 3.63) is 24.3 Å². The number of rotatable bonds is 7. The number of alkyl halides is 2. The van der Waals surface area contributed by atoms with E-state index in [1.165, 1.54) is 0 Å². The van der Waals surface area contributed by atoms with E-state index in [1.54, 1.807) is 19.2 Å². The van der Waals surface area contributed by atoms with E-state index in [1.807, 2.05) is 12.1 Å². The molecule has 0 spiro atoms. The van der Waals surface area contributed by atoms with Crippen LogP contribution in [0, 0.1) is 0 Å². The fraction of sp³-hybridized carbons (Fsp3) is 0.682. The van der Waals surface area contributed by atoms with E-state index in [2.05, 4.69) is 44.0 Å². The number of aliphatic imine (C=N–C) groups is 1. The molecule has 1 aromatic carbocycles. The first-order chi connectivity index (χ1) is 15.0. The second-order valence-corrected chi connectivity index (χ2v) is 8.27. The van der Waals surface area contributed by atoms with Gasteiger partial charge in [-0.2, -0.15) is 8.78 Å². The molecule has 2 saturated heterocycles. The molecule has 2 fully saturated rings. The molecule has 0 aromatic heterocycles. The molecule has 1 aromatic rings. The minimum absolute atomic E-state index is 0. The van der Waals surface area contributed by atoms with E-state index >= 15 is 0 Å². The molecule has 2 N–H and O–H groups in total. The molecule has 0 bridgehead atoms. The second kappa shape index (κ2) is 13.3. The number of morpholine rings is 1. The first-order valence-corrected chi connectivity index (χ1v) is 11.1. The summed E-state index contributed by atoms with van der Waals surface area (Å²) in [6.07, 6.45) is 2.10. The van der Waals surface area contributed by atoms with Gasteiger partial charge >= 0.3 is 6.61 Å². The summed E-state index contributed by atoms with van der Waals surface area (Å²) in [5.41, 5.74) is 1.01. The number of guanidine groups is 1. The Morgan fingerprint density at radius 1 is 1.28 bits per heavy atom. The number of nitrogens with one attached hydrogen (secondary N) is 2. The summed E-state index contributed by atoms with van der Waals surface area (Å²) in [4.78, 5) is 9.13. The topological polar surface area (TPSA) is 61.4 Å². The van der Waals surface area contributed by atoms with Crippen LogP contribution in [0.1, 0.15) is 26.7 Å². The lowest BCUT2D eigenvalue weighted by Gasteiger charge is -2.38. The van der Waals surface area contributed by atoms with E-state index < -0.39 is 6.61 Å².